The van der Waals surface area contributed by atoms with Crippen molar-refractivity contribution >= 4 is 11.6 Å². The van der Waals surface area contributed by atoms with Gasteiger partial charge in [-0.05, 0) is 83.6 Å². The topological polar surface area (TPSA) is 47.6 Å². The number of rotatable bonds is 7. The summed E-state index contributed by atoms with van der Waals surface area (Å²) in [6.07, 6.45) is 2.25. The van der Waals surface area contributed by atoms with Gasteiger partial charge in [0, 0.05) is 12.3 Å². The van der Waals surface area contributed by atoms with Gasteiger partial charge in [0.1, 0.15) is 11.4 Å². The first-order valence-electron chi connectivity index (χ1n) is 8.51. The van der Waals surface area contributed by atoms with Gasteiger partial charge in [-0.2, -0.15) is 0 Å². The van der Waals surface area contributed by atoms with Crippen molar-refractivity contribution in [3.8, 4) is 5.75 Å². The van der Waals surface area contributed by atoms with Crippen molar-refractivity contribution in [1.82, 2.24) is 0 Å². The van der Waals surface area contributed by atoms with Gasteiger partial charge in [0.2, 0.25) is 0 Å². The van der Waals surface area contributed by atoms with Crippen LogP contribution in [0.1, 0.15) is 51.7 Å². The lowest BCUT2D eigenvalue weighted by Crippen LogP contribution is -2.44. The normalized spacial score (nSPS) is 17.0. The highest BCUT2D eigenvalue weighted by Crippen LogP contribution is 2.42. The van der Waals surface area contributed by atoms with E-state index in [4.69, 9.17) is 9.47 Å². The predicted molar refractivity (Wildman–Crippen MR) is 93.1 cm³/mol. The third-order valence-corrected chi connectivity index (χ3v) is 4.32. The Bertz CT molecular complexity index is 555. The van der Waals surface area contributed by atoms with Crippen LogP contribution in [0.2, 0.25) is 0 Å². The molecule has 0 saturated heterocycles. The number of amides is 1. The molecule has 4 heteroatoms. The fourth-order valence-corrected chi connectivity index (χ4v) is 3.00. The van der Waals surface area contributed by atoms with E-state index in [2.05, 4.69) is 5.32 Å². The molecule has 2 rings (SSSR count). The van der Waals surface area contributed by atoms with E-state index in [9.17, 15) is 4.79 Å². The van der Waals surface area contributed by atoms with Crippen molar-refractivity contribution in [2.24, 2.45) is 5.92 Å². The molecule has 0 aromatic heterocycles. The number of benzene rings is 1. The molecule has 0 aliphatic heterocycles. The molecule has 0 spiro atoms. The Labute approximate surface area is 139 Å². The fraction of sp³-hybridized carbons (Fsp3) is 0.632. The van der Waals surface area contributed by atoms with E-state index in [1.54, 1.807) is 0 Å². The Balaban J connectivity index is 2.18. The fourth-order valence-electron chi connectivity index (χ4n) is 3.00. The number of anilines is 1. The second kappa shape index (κ2) is 6.91. The molecule has 1 aliphatic rings. The largest absolute Gasteiger partial charge is 0.490 e. The van der Waals surface area contributed by atoms with Gasteiger partial charge < -0.3 is 14.8 Å². The SMILES string of the molecule is CCO[C@@](C)(C(=O)Nc1cc(C)c(OC(C)C)c(C)c1)C1CC1. The smallest absolute Gasteiger partial charge is 0.256 e. The third-order valence-electron chi connectivity index (χ3n) is 4.32. The van der Waals surface area contributed by atoms with E-state index in [-0.39, 0.29) is 12.0 Å². The van der Waals surface area contributed by atoms with Gasteiger partial charge in [0.25, 0.3) is 5.91 Å². The summed E-state index contributed by atoms with van der Waals surface area (Å²) in [5.41, 5.74) is 2.12. The highest BCUT2D eigenvalue weighted by Gasteiger charge is 2.48. The first-order valence-corrected chi connectivity index (χ1v) is 8.51. The monoisotopic (exact) mass is 319 g/mol. The van der Waals surface area contributed by atoms with Crippen molar-refractivity contribution in [3.05, 3.63) is 23.3 Å². The molecule has 1 aromatic rings. The van der Waals surface area contributed by atoms with Crippen LogP contribution in [0.4, 0.5) is 5.69 Å². The summed E-state index contributed by atoms with van der Waals surface area (Å²) >= 11 is 0. The summed E-state index contributed by atoms with van der Waals surface area (Å²) in [4.78, 5) is 12.7. The number of hydrogen-bond acceptors (Lipinski definition) is 3. The lowest BCUT2D eigenvalue weighted by molar-refractivity contribution is -0.141. The van der Waals surface area contributed by atoms with Gasteiger partial charge >= 0.3 is 0 Å². The van der Waals surface area contributed by atoms with Gasteiger partial charge in [0.15, 0.2) is 0 Å². The minimum absolute atomic E-state index is 0.0572. The second-order valence-electron chi connectivity index (χ2n) is 6.87. The zero-order chi connectivity index (χ0) is 17.2. The first kappa shape index (κ1) is 17.8. The molecule has 1 fully saturated rings. The third kappa shape index (κ3) is 4.05. The number of ether oxygens (including phenoxy) is 2. The molecule has 0 radical (unpaired) electrons. The zero-order valence-electron chi connectivity index (χ0n) is 15.2. The standard InChI is InChI=1S/C19H29NO3/c1-7-22-19(6,15-8-9-15)18(21)20-16-10-13(4)17(14(5)11-16)23-12(2)3/h10-12,15H,7-9H2,1-6H3,(H,20,21)/t19-/m1/s1. The molecule has 1 aliphatic carbocycles. The molecule has 23 heavy (non-hydrogen) atoms. The summed E-state index contributed by atoms with van der Waals surface area (Å²) in [7, 11) is 0. The van der Waals surface area contributed by atoms with Crippen molar-refractivity contribution in [3.63, 3.8) is 0 Å². The van der Waals surface area contributed by atoms with Crippen LogP contribution in [0, 0.1) is 19.8 Å². The summed E-state index contributed by atoms with van der Waals surface area (Å²) < 4.78 is 11.6. The highest BCUT2D eigenvalue weighted by molar-refractivity contribution is 5.97. The Morgan fingerprint density at radius 1 is 1.30 bits per heavy atom. The van der Waals surface area contributed by atoms with E-state index < -0.39 is 5.60 Å². The molecule has 1 atom stereocenters. The summed E-state index contributed by atoms with van der Waals surface area (Å²) in [6.45, 7) is 12.4. The number of carbonyl (C=O) groups excluding carboxylic acids is 1. The molecular weight excluding hydrogens is 290 g/mol. The van der Waals surface area contributed by atoms with Crippen LogP contribution in [0.15, 0.2) is 12.1 Å². The lowest BCUT2D eigenvalue weighted by atomic mass is 9.98. The first-order chi connectivity index (χ1) is 10.8. The van der Waals surface area contributed by atoms with Crippen molar-refractivity contribution in [2.75, 3.05) is 11.9 Å². The quantitative estimate of drug-likeness (QED) is 0.818. The molecule has 4 nitrogen and oxygen atoms in total. The Kier molecular flexibility index (Phi) is 5.35. The average Bonchev–Trinajstić information content (AvgIpc) is 3.27. The van der Waals surface area contributed by atoms with E-state index >= 15 is 0 Å². The van der Waals surface area contributed by atoms with E-state index in [0.29, 0.717) is 12.5 Å². The minimum Gasteiger partial charge on any atom is -0.490 e. The van der Waals surface area contributed by atoms with Gasteiger partial charge in [-0.1, -0.05) is 0 Å². The van der Waals surface area contributed by atoms with Crippen LogP contribution in [-0.4, -0.2) is 24.2 Å². The maximum absolute atomic E-state index is 12.7. The number of hydrogen-bond donors (Lipinski definition) is 1. The van der Waals surface area contributed by atoms with Crippen molar-refractivity contribution < 1.29 is 14.3 Å². The van der Waals surface area contributed by atoms with E-state index in [1.165, 1.54) is 0 Å². The van der Waals surface area contributed by atoms with Crippen LogP contribution >= 0.6 is 0 Å². The predicted octanol–water partition coefficient (Wildman–Crippen LogP) is 4.23. The molecule has 0 unspecified atom stereocenters. The lowest BCUT2D eigenvalue weighted by Gasteiger charge is -2.28. The number of aryl methyl sites for hydroxylation is 2. The molecule has 0 heterocycles. The number of carbonyl (C=O) groups is 1. The zero-order valence-corrected chi connectivity index (χ0v) is 15.2. The Morgan fingerprint density at radius 2 is 1.87 bits per heavy atom. The molecule has 1 N–H and O–H groups in total. The Morgan fingerprint density at radius 3 is 2.30 bits per heavy atom. The second-order valence-corrected chi connectivity index (χ2v) is 6.87. The van der Waals surface area contributed by atoms with E-state index in [0.717, 1.165) is 35.4 Å². The summed E-state index contributed by atoms with van der Waals surface area (Å²) in [6, 6.07) is 3.92. The molecule has 0 bridgehead atoms. The van der Waals surface area contributed by atoms with E-state index in [1.807, 2.05) is 53.7 Å². The van der Waals surface area contributed by atoms with Gasteiger partial charge in [-0.15, -0.1) is 0 Å². The molecule has 1 saturated carbocycles. The highest BCUT2D eigenvalue weighted by atomic mass is 16.5. The molecule has 1 aromatic carbocycles. The molecular formula is C19H29NO3. The van der Waals surface area contributed by atoms with Gasteiger partial charge in [0.05, 0.1) is 6.10 Å². The molecule has 1 amide bonds. The Hall–Kier alpha value is -1.55. The van der Waals surface area contributed by atoms with Crippen molar-refractivity contribution in [1.29, 1.82) is 0 Å². The maximum atomic E-state index is 12.7. The molecule has 128 valence electrons. The van der Waals surface area contributed by atoms with Crippen LogP contribution in [0.25, 0.3) is 0 Å². The average molecular weight is 319 g/mol. The van der Waals surface area contributed by atoms with Gasteiger partial charge in [-0.3, -0.25) is 4.79 Å². The summed E-state index contributed by atoms with van der Waals surface area (Å²) in [5, 5.41) is 3.03. The van der Waals surface area contributed by atoms with Crippen LogP contribution in [-0.2, 0) is 9.53 Å². The van der Waals surface area contributed by atoms with Gasteiger partial charge in [-0.25, -0.2) is 0 Å². The van der Waals surface area contributed by atoms with Crippen LogP contribution < -0.4 is 10.1 Å². The maximum Gasteiger partial charge on any atom is 0.256 e. The van der Waals surface area contributed by atoms with Crippen molar-refractivity contribution in [2.45, 2.75) is 66.1 Å². The number of nitrogens with one attached hydrogen (secondary N) is 1. The van der Waals surface area contributed by atoms with Crippen LogP contribution in [0.3, 0.4) is 0 Å². The summed E-state index contributed by atoms with van der Waals surface area (Å²) in [5.74, 6) is 1.17. The minimum atomic E-state index is -0.732. The van der Waals surface area contributed by atoms with Crippen LogP contribution in [0.5, 0.6) is 5.75 Å².